The summed E-state index contributed by atoms with van der Waals surface area (Å²) < 4.78 is 5.26. The minimum absolute atomic E-state index is 0.000741. The summed E-state index contributed by atoms with van der Waals surface area (Å²) in [6.45, 7) is 5.82. The van der Waals surface area contributed by atoms with Crippen molar-refractivity contribution in [2.75, 3.05) is 0 Å². The quantitative estimate of drug-likeness (QED) is 0.450. The van der Waals surface area contributed by atoms with E-state index in [1.165, 1.54) is 0 Å². The van der Waals surface area contributed by atoms with Crippen LogP contribution < -0.4 is 11.3 Å². The van der Waals surface area contributed by atoms with Gasteiger partial charge in [0, 0.05) is 0 Å². The highest BCUT2D eigenvalue weighted by molar-refractivity contribution is 6.28. The van der Waals surface area contributed by atoms with Gasteiger partial charge in [-0.05, 0) is 43.5 Å². The molecule has 4 heteroatoms. The molecule has 0 aliphatic heterocycles. The maximum Gasteiger partial charge on any atom is 0.193 e. The number of nitrogens with two attached hydrogens (primary N) is 1. The summed E-state index contributed by atoms with van der Waals surface area (Å²) >= 11 is 5.67. The number of rotatable bonds is 5. The molecule has 0 aromatic carbocycles. The maximum atomic E-state index is 5.67. The lowest BCUT2D eigenvalue weighted by Crippen LogP contribution is -2.27. The van der Waals surface area contributed by atoms with Gasteiger partial charge in [-0.25, -0.2) is 5.43 Å². The molecule has 1 rings (SSSR count). The van der Waals surface area contributed by atoms with E-state index in [1.807, 2.05) is 13.0 Å². The zero-order valence-corrected chi connectivity index (χ0v) is 8.97. The van der Waals surface area contributed by atoms with E-state index in [1.54, 1.807) is 6.07 Å². The second kappa shape index (κ2) is 5.20. The van der Waals surface area contributed by atoms with Gasteiger partial charge >= 0.3 is 0 Å². The van der Waals surface area contributed by atoms with Crippen LogP contribution in [0.5, 0.6) is 0 Å². The van der Waals surface area contributed by atoms with Crippen LogP contribution in [0.25, 0.3) is 0 Å². The van der Waals surface area contributed by atoms with E-state index in [-0.39, 0.29) is 6.04 Å². The lowest BCUT2D eigenvalue weighted by Gasteiger charge is -2.12. The average Bonchev–Trinajstić information content (AvgIpc) is 2.53. The molecule has 14 heavy (non-hydrogen) atoms. The third-order valence-electron chi connectivity index (χ3n) is 2.00. The van der Waals surface area contributed by atoms with Crippen LogP contribution in [0.1, 0.15) is 31.6 Å². The highest BCUT2D eigenvalue weighted by Crippen LogP contribution is 2.23. The lowest BCUT2D eigenvalue weighted by atomic mass is 10.1. The third-order valence-corrected chi connectivity index (χ3v) is 2.20. The van der Waals surface area contributed by atoms with Gasteiger partial charge in [0.2, 0.25) is 0 Å². The SMILES string of the molecule is C=C(C)CCC(NN)c1ccc(Cl)o1. The van der Waals surface area contributed by atoms with Crippen molar-refractivity contribution < 1.29 is 4.42 Å². The van der Waals surface area contributed by atoms with Crippen molar-refractivity contribution >= 4 is 11.6 Å². The normalized spacial score (nSPS) is 12.8. The zero-order chi connectivity index (χ0) is 10.6. The summed E-state index contributed by atoms with van der Waals surface area (Å²) in [5, 5.41) is 0.385. The molecule has 3 nitrogen and oxygen atoms in total. The Hall–Kier alpha value is -0.770. The predicted octanol–water partition coefficient (Wildman–Crippen LogP) is 2.79. The van der Waals surface area contributed by atoms with Gasteiger partial charge in [0.25, 0.3) is 0 Å². The number of nitrogens with one attached hydrogen (secondary N) is 1. The molecule has 1 aromatic rings. The Morgan fingerprint density at radius 1 is 1.71 bits per heavy atom. The number of hydrogen-bond donors (Lipinski definition) is 2. The van der Waals surface area contributed by atoms with Crippen LogP contribution in [-0.4, -0.2) is 0 Å². The summed E-state index contributed by atoms with van der Waals surface area (Å²) in [4.78, 5) is 0. The topological polar surface area (TPSA) is 51.2 Å². The summed E-state index contributed by atoms with van der Waals surface area (Å²) in [7, 11) is 0. The fraction of sp³-hybridized carbons (Fsp3) is 0.400. The number of halogens is 1. The Labute approximate surface area is 88.9 Å². The first-order valence-corrected chi connectivity index (χ1v) is 4.87. The summed E-state index contributed by atoms with van der Waals surface area (Å²) in [5.41, 5.74) is 3.82. The molecule has 1 unspecified atom stereocenters. The molecule has 0 amide bonds. The minimum atomic E-state index is -0.000741. The zero-order valence-electron chi connectivity index (χ0n) is 8.22. The van der Waals surface area contributed by atoms with Gasteiger partial charge in [0.05, 0.1) is 6.04 Å². The molecular weight excluding hydrogens is 200 g/mol. The van der Waals surface area contributed by atoms with E-state index >= 15 is 0 Å². The smallest absolute Gasteiger partial charge is 0.193 e. The summed E-state index contributed by atoms with van der Waals surface area (Å²) in [5.74, 6) is 6.18. The molecule has 78 valence electrons. The van der Waals surface area contributed by atoms with Crippen molar-refractivity contribution in [2.24, 2.45) is 5.84 Å². The van der Waals surface area contributed by atoms with Gasteiger partial charge in [0.1, 0.15) is 5.76 Å². The number of allylic oxidation sites excluding steroid dienone is 1. The first kappa shape index (κ1) is 11.3. The van der Waals surface area contributed by atoms with E-state index in [2.05, 4.69) is 12.0 Å². The fourth-order valence-corrected chi connectivity index (χ4v) is 1.37. The number of hydrogen-bond acceptors (Lipinski definition) is 3. The summed E-state index contributed by atoms with van der Waals surface area (Å²) in [6, 6.07) is 3.53. The summed E-state index contributed by atoms with van der Waals surface area (Å²) in [6.07, 6.45) is 1.77. The van der Waals surface area contributed by atoms with Crippen LogP contribution in [-0.2, 0) is 0 Å². The van der Waals surface area contributed by atoms with Gasteiger partial charge in [-0.1, -0.05) is 5.57 Å². The molecule has 0 saturated heterocycles. The number of furan rings is 1. The molecule has 0 aliphatic rings. The molecular formula is C10H15ClN2O. The van der Waals surface area contributed by atoms with Crippen molar-refractivity contribution in [2.45, 2.75) is 25.8 Å². The van der Waals surface area contributed by atoms with Crippen LogP contribution in [0.4, 0.5) is 0 Å². The molecule has 0 aliphatic carbocycles. The predicted molar refractivity (Wildman–Crippen MR) is 57.8 cm³/mol. The Morgan fingerprint density at radius 3 is 2.86 bits per heavy atom. The highest BCUT2D eigenvalue weighted by atomic mass is 35.5. The van der Waals surface area contributed by atoms with E-state index in [0.29, 0.717) is 5.22 Å². The van der Waals surface area contributed by atoms with E-state index in [9.17, 15) is 0 Å². The van der Waals surface area contributed by atoms with E-state index in [0.717, 1.165) is 24.2 Å². The molecule has 1 atom stereocenters. The van der Waals surface area contributed by atoms with Crippen molar-refractivity contribution in [3.05, 3.63) is 35.3 Å². The Morgan fingerprint density at radius 2 is 2.43 bits per heavy atom. The molecule has 0 bridgehead atoms. The van der Waals surface area contributed by atoms with Crippen molar-refractivity contribution in [1.82, 2.24) is 5.43 Å². The highest BCUT2D eigenvalue weighted by Gasteiger charge is 2.13. The van der Waals surface area contributed by atoms with Crippen LogP contribution in [0.3, 0.4) is 0 Å². The molecule has 1 heterocycles. The fourth-order valence-electron chi connectivity index (χ4n) is 1.21. The largest absolute Gasteiger partial charge is 0.448 e. The Bertz CT molecular complexity index is 309. The van der Waals surface area contributed by atoms with Crippen LogP contribution in [0, 0.1) is 0 Å². The Balaban J connectivity index is 2.58. The van der Waals surface area contributed by atoms with Crippen LogP contribution >= 0.6 is 11.6 Å². The van der Waals surface area contributed by atoms with Gasteiger partial charge in [-0.15, -0.1) is 6.58 Å². The van der Waals surface area contributed by atoms with Gasteiger partial charge < -0.3 is 4.42 Å². The first-order chi connectivity index (χ1) is 6.63. The second-order valence-electron chi connectivity index (χ2n) is 3.36. The monoisotopic (exact) mass is 214 g/mol. The molecule has 3 N–H and O–H groups in total. The molecule has 0 saturated carbocycles. The van der Waals surface area contributed by atoms with Crippen molar-refractivity contribution in [3.8, 4) is 0 Å². The van der Waals surface area contributed by atoms with Crippen molar-refractivity contribution in [1.29, 1.82) is 0 Å². The van der Waals surface area contributed by atoms with Crippen LogP contribution in [0.2, 0.25) is 5.22 Å². The average molecular weight is 215 g/mol. The van der Waals surface area contributed by atoms with E-state index in [4.69, 9.17) is 21.9 Å². The second-order valence-corrected chi connectivity index (χ2v) is 3.73. The standard InChI is InChI=1S/C10H15ClN2O/c1-7(2)3-4-8(13-12)9-5-6-10(11)14-9/h5-6,8,13H,1,3-4,12H2,2H3. The van der Waals surface area contributed by atoms with E-state index < -0.39 is 0 Å². The van der Waals surface area contributed by atoms with Gasteiger partial charge in [-0.3, -0.25) is 5.84 Å². The van der Waals surface area contributed by atoms with Gasteiger partial charge in [-0.2, -0.15) is 0 Å². The number of hydrazine groups is 1. The molecule has 1 aromatic heterocycles. The molecule has 0 radical (unpaired) electrons. The lowest BCUT2D eigenvalue weighted by molar-refractivity contribution is 0.402. The maximum absolute atomic E-state index is 5.67. The van der Waals surface area contributed by atoms with Gasteiger partial charge in [0.15, 0.2) is 5.22 Å². The Kier molecular flexibility index (Phi) is 4.20. The van der Waals surface area contributed by atoms with Crippen molar-refractivity contribution in [3.63, 3.8) is 0 Å². The molecule has 0 spiro atoms. The first-order valence-electron chi connectivity index (χ1n) is 4.49. The van der Waals surface area contributed by atoms with Crippen LogP contribution in [0.15, 0.2) is 28.7 Å². The minimum Gasteiger partial charge on any atom is -0.448 e. The third kappa shape index (κ3) is 3.18. The molecule has 0 fully saturated rings.